The first-order chi connectivity index (χ1) is 5.47. The summed E-state index contributed by atoms with van der Waals surface area (Å²) in [5.74, 6) is 0.328. The zero-order chi connectivity index (χ0) is 9.19. The first-order valence-corrected chi connectivity index (χ1v) is 5.89. The molecular formula is C7H15NO3S. The van der Waals surface area contributed by atoms with Crippen LogP contribution in [0.1, 0.15) is 19.3 Å². The van der Waals surface area contributed by atoms with Gasteiger partial charge in [0.25, 0.3) is 10.1 Å². The molecule has 0 aromatic heterocycles. The molecule has 0 amide bonds. The number of rotatable bonds is 3. The van der Waals surface area contributed by atoms with Gasteiger partial charge in [-0.15, -0.1) is 0 Å². The van der Waals surface area contributed by atoms with Crippen molar-refractivity contribution < 1.29 is 12.6 Å². The van der Waals surface area contributed by atoms with Crippen LogP contribution in [0.15, 0.2) is 0 Å². The van der Waals surface area contributed by atoms with E-state index in [0.717, 1.165) is 25.5 Å². The summed E-state index contributed by atoms with van der Waals surface area (Å²) in [5.41, 5.74) is 5.66. The minimum atomic E-state index is -3.27. The molecule has 2 N–H and O–H groups in total. The minimum Gasteiger partial charge on any atom is -0.328 e. The Hall–Kier alpha value is -0.130. The van der Waals surface area contributed by atoms with Gasteiger partial charge in [-0.1, -0.05) is 0 Å². The molecule has 0 radical (unpaired) electrons. The topological polar surface area (TPSA) is 69.4 Å². The third kappa shape index (κ3) is 3.51. The van der Waals surface area contributed by atoms with E-state index in [9.17, 15) is 8.42 Å². The normalized spacial score (nSPS) is 30.8. The fraction of sp³-hybridized carbons (Fsp3) is 1.00. The molecule has 1 saturated carbocycles. The van der Waals surface area contributed by atoms with Gasteiger partial charge in [-0.05, 0) is 25.2 Å². The van der Waals surface area contributed by atoms with Crippen molar-refractivity contribution in [2.45, 2.75) is 25.3 Å². The Kier molecular flexibility index (Phi) is 3.09. The first kappa shape index (κ1) is 9.95. The average Bonchev–Trinajstić information content (AvgIpc) is 2.30. The minimum absolute atomic E-state index is 0.234. The van der Waals surface area contributed by atoms with Crippen LogP contribution in [0.4, 0.5) is 0 Å². The lowest BCUT2D eigenvalue weighted by molar-refractivity contribution is 0.258. The molecule has 0 aromatic carbocycles. The zero-order valence-corrected chi connectivity index (χ0v) is 8.01. The molecule has 0 unspecified atom stereocenters. The van der Waals surface area contributed by atoms with Gasteiger partial charge < -0.3 is 5.73 Å². The third-order valence-corrected chi connectivity index (χ3v) is 2.66. The van der Waals surface area contributed by atoms with E-state index in [-0.39, 0.29) is 6.04 Å². The van der Waals surface area contributed by atoms with Gasteiger partial charge in [-0.3, -0.25) is 4.18 Å². The molecule has 0 heterocycles. The Labute approximate surface area is 73.2 Å². The average molecular weight is 193 g/mol. The molecule has 0 saturated heterocycles. The summed E-state index contributed by atoms with van der Waals surface area (Å²) in [6, 6.07) is 0.234. The van der Waals surface area contributed by atoms with Gasteiger partial charge in [-0.2, -0.15) is 8.42 Å². The molecule has 4 nitrogen and oxygen atoms in total. The van der Waals surface area contributed by atoms with E-state index in [4.69, 9.17) is 5.73 Å². The highest BCUT2D eigenvalue weighted by atomic mass is 32.2. The van der Waals surface area contributed by atoms with Crippen molar-refractivity contribution in [2.75, 3.05) is 12.9 Å². The molecule has 0 spiro atoms. The summed E-state index contributed by atoms with van der Waals surface area (Å²) in [7, 11) is -3.27. The highest BCUT2D eigenvalue weighted by molar-refractivity contribution is 7.85. The Morgan fingerprint density at radius 2 is 2.17 bits per heavy atom. The van der Waals surface area contributed by atoms with Crippen LogP contribution in [-0.4, -0.2) is 27.3 Å². The molecular weight excluding hydrogens is 178 g/mol. The summed E-state index contributed by atoms with van der Waals surface area (Å²) in [6.45, 7) is 0.298. The second kappa shape index (κ2) is 3.72. The largest absolute Gasteiger partial charge is 0.328 e. The summed E-state index contributed by atoms with van der Waals surface area (Å²) >= 11 is 0. The standard InChI is InChI=1S/C7H15NO3S/c1-12(9,10)11-5-6-2-3-7(8)4-6/h6-7H,2-5,8H2,1H3/t6-,7+/m1/s1. The maximum atomic E-state index is 10.6. The van der Waals surface area contributed by atoms with E-state index >= 15 is 0 Å². The summed E-state index contributed by atoms with van der Waals surface area (Å²) in [4.78, 5) is 0. The quantitative estimate of drug-likeness (QED) is 0.645. The first-order valence-electron chi connectivity index (χ1n) is 4.07. The van der Waals surface area contributed by atoms with Gasteiger partial charge in [0, 0.05) is 6.04 Å². The predicted molar refractivity (Wildman–Crippen MR) is 46.1 cm³/mol. The monoisotopic (exact) mass is 193 g/mol. The van der Waals surface area contributed by atoms with E-state index in [1.54, 1.807) is 0 Å². The molecule has 1 aliphatic carbocycles. The van der Waals surface area contributed by atoms with Gasteiger partial charge in [0.2, 0.25) is 0 Å². The van der Waals surface area contributed by atoms with Crippen LogP contribution in [0.25, 0.3) is 0 Å². The van der Waals surface area contributed by atoms with Crippen molar-refractivity contribution in [1.29, 1.82) is 0 Å². The summed E-state index contributed by atoms with van der Waals surface area (Å²) in [6.07, 6.45) is 3.92. The predicted octanol–water partition coefficient (Wildman–Crippen LogP) is 0.0900. The molecule has 0 aromatic rings. The van der Waals surface area contributed by atoms with Gasteiger partial charge in [0.1, 0.15) is 0 Å². The van der Waals surface area contributed by atoms with Crippen LogP contribution in [0, 0.1) is 5.92 Å². The van der Waals surface area contributed by atoms with Gasteiger partial charge in [-0.25, -0.2) is 0 Å². The van der Waals surface area contributed by atoms with E-state index in [2.05, 4.69) is 4.18 Å². The highest BCUT2D eigenvalue weighted by Crippen LogP contribution is 2.24. The molecule has 12 heavy (non-hydrogen) atoms. The molecule has 1 fully saturated rings. The van der Waals surface area contributed by atoms with Crippen LogP contribution < -0.4 is 5.73 Å². The third-order valence-electron chi connectivity index (χ3n) is 2.10. The number of nitrogens with two attached hydrogens (primary N) is 1. The van der Waals surface area contributed by atoms with Crippen molar-refractivity contribution in [1.82, 2.24) is 0 Å². The van der Waals surface area contributed by atoms with Crippen LogP contribution in [0.5, 0.6) is 0 Å². The van der Waals surface area contributed by atoms with Crippen LogP contribution in [0.2, 0.25) is 0 Å². The molecule has 5 heteroatoms. The second-order valence-corrected chi connectivity index (χ2v) is 5.07. The maximum Gasteiger partial charge on any atom is 0.264 e. The SMILES string of the molecule is CS(=O)(=O)OC[C@@H]1CC[C@H](N)C1. The maximum absolute atomic E-state index is 10.6. The summed E-state index contributed by atoms with van der Waals surface area (Å²) < 4.78 is 25.9. The van der Waals surface area contributed by atoms with Crippen LogP contribution in [0.3, 0.4) is 0 Å². The van der Waals surface area contributed by atoms with Crippen molar-refractivity contribution in [3.8, 4) is 0 Å². The number of hydrogen-bond donors (Lipinski definition) is 1. The Balaban J connectivity index is 2.25. The van der Waals surface area contributed by atoms with Crippen molar-refractivity contribution in [2.24, 2.45) is 11.7 Å². The Morgan fingerprint density at radius 3 is 2.58 bits per heavy atom. The van der Waals surface area contributed by atoms with E-state index in [0.29, 0.717) is 12.5 Å². The second-order valence-electron chi connectivity index (χ2n) is 3.43. The van der Waals surface area contributed by atoms with E-state index < -0.39 is 10.1 Å². The fourth-order valence-electron chi connectivity index (χ4n) is 1.48. The molecule has 1 aliphatic rings. The lowest BCUT2D eigenvalue weighted by atomic mass is 10.1. The molecule has 1 rings (SSSR count). The molecule has 0 bridgehead atoms. The molecule has 0 aliphatic heterocycles. The molecule has 72 valence electrons. The Morgan fingerprint density at radius 1 is 1.50 bits per heavy atom. The van der Waals surface area contributed by atoms with Crippen LogP contribution in [-0.2, 0) is 14.3 Å². The zero-order valence-electron chi connectivity index (χ0n) is 7.19. The lowest BCUT2D eigenvalue weighted by Gasteiger charge is -2.07. The van der Waals surface area contributed by atoms with Crippen molar-refractivity contribution >= 4 is 10.1 Å². The Bertz CT molecular complexity index is 237. The smallest absolute Gasteiger partial charge is 0.264 e. The number of hydrogen-bond acceptors (Lipinski definition) is 4. The van der Waals surface area contributed by atoms with Gasteiger partial charge in [0.15, 0.2) is 0 Å². The molecule has 2 atom stereocenters. The lowest BCUT2D eigenvalue weighted by Crippen LogP contribution is -2.17. The highest BCUT2D eigenvalue weighted by Gasteiger charge is 2.22. The van der Waals surface area contributed by atoms with Crippen molar-refractivity contribution in [3.05, 3.63) is 0 Å². The van der Waals surface area contributed by atoms with E-state index in [1.807, 2.05) is 0 Å². The van der Waals surface area contributed by atoms with E-state index in [1.165, 1.54) is 0 Å². The summed E-state index contributed by atoms with van der Waals surface area (Å²) in [5, 5.41) is 0. The van der Waals surface area contributed by atoms with Gasteiger partial charge >= 0.3 is 0 Å². The fourth-order valence-corrected chi connectivity index (χ4v) is 1.92. The van der Waals surface area contributed by atoms with Crippen LogP contribution >= 0.6 is 0 Å². The van der Waals surface area contributed by atoms with Gasteiger partial charge in [0.05, 0.1) is 12.9 Å². The van der Waals surface area contributed by atoms with Crippen molar-refractivity contribution in [3.63, 3.8) is 0 Å².